The number of fused-ring (bicyclic) bond motifs is 1. The van der Waals surface area contributed by atoms with Crippen LogP contribution in [0.1, 0.15) is 21.6 Å². The predicted molar refractivity (Wildman–Crippen MR) is 73.8 cm³/mol. The third kappa shape index (κ3) is 2.29. The molecule has 1 aliphatic rings. The highest BCUT2D eigenvalue weighted by atomic mass is 16.1. The number of carbonyl (C=O) groups excluding carboxylic acids is 1. The van der Waals surface area contributed by atoms with Gasteiger partial charge in [0.2, 0.25) is 0 Å². The van der Waals surface area contributed by atoms with Crippen molar-refractivity contribution < 1.29 is 4.79 Å². The Kier molecular flexibility index (Phi) is 2.91. The molecule has 3 rings (SSSR count). The summed E-state index contributed by atoms with van der Waals surface area (Å²) in [6, 6.07) is 11.8. The van der Waals surface area contributed by atoms with Gasteiger partial charge in [-0.15, -0.1) is 0 Å². The van der Waals surface area contributed by atoms with Crippen LogP contribution in [0, 0.1) is 0 Å². The van der Waals surface area contributed by atoms with Crippen LogP contribution in [0.2, 0.25) is 0 Å². The number of amides is 1. The van der Waals surface area contributed by atoms with Crippen molar-refractivity contribution in [2.75, 3.05) is 5.73 Å². The fourth-order valence-electron chi connectivity index (χ4n) is 2.52. The Balaban J connectivity index is 1.71. The molecule has 19 heavy (non-hydrogen) atoms. The third-order valence-electron chi connectivity index (χ3n) is 3.44. The Morgan fingerprint density at radius 3 is 2.47 bits per heavy atom. The Hall–Kier alpha value is -2.36. The molecule has 3 N–H and O–H groups in total. The largest absolute Gasteiger partial charge is 0.397 e. The van der Waals surface area contributed by atoms with E-state index in [2.05, 4.69) is 22.4 Å². The van der Waals surface area contributed by atoms with E-state index in [-0.39, 0.29) is 11.9 Å². The number of hydrogen-bond donors (Lipinski definition) is 2. The van der Waals surface area contributed by atoms with E-state index < -0.39 is 0 Å². The van der Waals surface area contributed by atoms with E-state index in [1.165, 1.54) is 11.1 Å². The molecule has 1 aromatic heterocycles. The fraction of sp³-hybridized carbons (Fsp3) is 0.200. The monoisotopic (exact) mass is 253 g/mol. The van der Waals surface area contributed by atoms with Crippen molar-refractivity contribution in [1.29, 1.82) is 0 Å². The number of aromatic nitrogens is 1. The quantitative estimate of drug-likeness (QED) is 0.853. The van der Waals surface area contributed by atoms with Gasteiger partial charge in [0.05, 0.1) is 5.69 Å². The molecule has 0 aliphatic heterocycles. The Morgan fingerprint density at radius 1 is 1.16 bits per heavy atom. The van der Waals surface area contributed by atoms with E-state index in [0.29, 0.717) is 11.4 Å². The Morgan fingerprint density at radius 2 is 1.84 bits per heavy atom. The zero-order valence-corrected chi connectivity index (χ0v) is 10.5. The van der Waals surface area contributed by atoms with Crippen LogP contribution in [-0.2, 0) is 12.8 Å². The van der Waals surface area contributed by atoms with Crippen LogP contribution in [0.15, 0.2) is 42.6 Å². The van der Waals surface area contributed by atoms with Crippen LogP contribution in [-0.4, -0.2) is 16.9 Å². The summed E-state index contributed by atoms with van der Waals surface area (Å²) >= 11 is 0. The summed E-state index contributed by atoms with van der Waals surface area (Å²) in [4.78, 5) is 16.2. The van der Waals surface area contributed by atoms with Crippen molar-refractivity contribution in [3.05, 3.63) is 59.4 Å². The molecule has 2 aromatic rings. The molecule has 0 saturated heterocycles. The molecular weight excluding hydrogens is 238 g/mol. The number of hydrogen-bond acceptors (Lipinski definition) is 3. The van der Waals surface area contributed by atoms with Crippen molar-refractivity contribution in [2.45, 2.75) is 18.9 Å². The maximum atomic E-state index is 12.1. The lowest BCUT2D eigenvalue weighted by atomic mass is 10.1. The summed E-state index contributed by atoms with van der Waals surface area (Å²) in [7, 11) is 0. The normalized spacial score (nSPS) is 14.1. The molecule has 0 saturated carbocycles. The summed E-state index contributed by atoms with van der Waals surface area (Å²) in [6.45, 7) is 0. The minimum Gasteiger partial charge on any atom is -0.397 e. The van der Waals surface area contributed by atoms with Crippen molar-refractivity contribution in [3.63, 3.8) is 0 Å². The first kappa shape index (κ1) is 11.7. The summed E-state index contributed by atoms with van der Waals surface area (Å²) in [6.07, 6.45) is 3.32. The minimum atomic E-state index is -0.198. The van der Waals surface area contributed by atoms with Crippen LogP contribution < -0.4 is 11.1 Å². The van der Waals surface area contributed by atoms with Crippen molar-refractivity contribution in [3.8, 4) is 0 Å². The van der Waals surface area contributed by atoms with E-state index in [4.69, 9.17) is 5.73 Å². The standard InChI is InChI=1S/C15H15N3O/c16-13-6-3-7-17-14(13)15(19)18-12-8-10-4-1-2-5-11(10)9-12/h1-7,12H,8-9,16H2,(H,18,19). The number of benzene rings is 1. The lowest BCUT2D eigenvalue weighted by Gasteiger charge is -2.12. The topological polar surface area (TPSA) is 68.0 Å². The molecule has 0 fully saturated rings. The lowest BCUT2D eigenvalue weighted by molar-refractivity contribution is 0.0934. The second-order valence-corrected chi connectivity index (χ2v) is 4.79. The maximum absolute atomic E-state index is 12.1. The second-order valence-electron chi connectivity index (χ2n) is 4.79. The number of nitrogens with zero attached hydrogens (tertiary/aromatic N) is 1. The van der Waals surface area contributed by atoms with Crippen molar-refractivity contribution >= 4 is 11.6 Å². The van der Waals surface area contributed by atoms with E-state index >= 15 is 0 Å². The molecule has 1 aromatic carbocycles. The fourth-order valence-corrected chi connectivity index (χ4v) is 2.52. The van der Waals surface area contributed by atoms with Crippen molar-refractivity contribution in [1.82, 2.24) is 10.3 Å². The highest BCUT2D eigenvalue weighted by Gasteiger charge is 2.23. The molecule has 0 radical (unpaired) electrons. The van der Waals surface area contributed by atoms with Gasteiger partial charge in [-0.1, -0.05) is 24.3 Å². The lowest BCUT2D eigenvalue weighted by Crippen LogP contribution is -2.36. The number of rotatable bonds is 2. The SMILES string of the molecule is Nc1cccnc1C(=O)NC1Cc2ccccc2C1. The molecular formula is C15H15N3O. The zero-order chi connectivity index (χ0) is 13.2. The van der Waals surface area contributed by atoms with Crippen LogP contribution in [0.5, 0.6) is 0 Å². The molecule has 4 heteroatoms. The van der Waals surface area contributed by atoms with Gasteiger partial charge < -0.3 is 11.1 Å². The smallest absolute Gasteiger partial charge is 0.272 e. The van der Waals surface area contributed by atoms with Gasteiger partial charge in [0, 0.05) is 12.2 Å². The first-order valence-corrected chi connectivity index (χ1v) is 6.32. The number of nitrogens with one attached hydrogen (secondary N) is 1. The van der Waals surface area contributed by atoms with Gasteiger partial charge >= 0.3 is 0 Å². The number of nitrogen functional groups attached to an aromatic ring is 1. The number of carbonyl (C=O) groups is 1. The second kappa shape index (κ2) is 4.72. The van der Waals surface area contributed by atoms with Gasteiger partial charge in [0.15, 0.2) is 5.69 Å². The Labute approximate surface area is 111 Å². The van der Waals surface area contributed by atoms with Crippen LogP contribution >= 0.6 is 0 Å². The molecule has 0 unspecified atom stereocenters. The summed E-state index contributed by atoms with van der Waals surface area (Å²) < 4.78 is 0. The van der Waals surface area contributed by atoms with E-state index in [1.54, 1.807) is 18.3 Å². The molecule has 1 amide bonds. The molecule has 0 spiro atoms. The number of pyridine rings is 1. The first-order chi connectivity index (χ1) is 9.24. The first-order valence-electron chi connectivity index (χ1n) is 6.32. The van der Waals surface area contributed by atoms with Crippen molar-refractivity contribution in [2.24, 2.45) is 0 Å². The van der Waals surface area contributed by atoms with Gasteiger partial charge in [-0.25, -0.2) is 4.98 Å². The van der Waals surface area contributed by atoms with Gasteiger partial charge in [-0.2, -0.15) is 0 Å². The van der Waals surface area contributed by atoms with E-state index in [1.807, 2.05) is 12.1 Å². The molecule has 1 heterocycles. The molecule has 1 aliphatic carbocycles. The van der Waals surface area contributed by atoms with Gasteiger partial charge in [-0.05, 0) is 36.1 Å². The summed E-state index contributed by atoms with van der Waals surface area (Å²) in [5.41, 5.74) is 9.09. The summed E-state index contributed by atoms with van der Waals surface area (Å²) in [5.74, 6) is -0.198. The zero-order valence-electron chi connectivity index (χ0n) is 10.5. The molecule has 0 bridgehead atoms. The predicted octanol–water partition coefficient (Wildman–Crippen LogP) is 1.56. The highest BCUT2D eigenvalue weighted by molar-refractivity contribution is 5.97. The highest BCUT2D eigenvalue weighted by Crippen LogP contribution is 2.22. The van der Waals surface area contributed by atoms with Crippen LogP contribution in [0.4, 0.5) is 5.69 Å². The van der Waals surface area contributed by atoms with E-state index in [0.717, 1.165) is 12.8 Å². The summed E-state index contributed by atoms with van der Waals surface area (Å²) in [5, 5.41) is 3.00. The van der Waals surface area contributed by atoms with Gasteiger partial charge in [0.25, 0.3) is 5.91 Å². The van der Waals surface area contributed by atoms with Crippen LogP contribution in [0.25, 0.3) is 0 Å². The molecule has 0 atom stereocenters. The molecule has 96 valence electrons. The average Bonchev–Trinajstić information content (AvgIpc) is 2.81. The van der Waals surface area contributed by atoms with Gasteiger partial charge in [0.1, 0.15) is 0 Å². The molecule has 4 nitrogen and oxygen atoms in total. The average molecular weight is 253 g/mol. The third-order valence-corrected chi connectivity index (χ3v) is 3.44. The van der Waals surface area contributed by atoms with E-state index in [9.17, 15) is 4.79 Å². The van der Waals surface area contributed by atoms with Gasteiger partial charge in [-0.3, -0.25) is 4.79 Å². The Bertz CT molecular complexity index is 599. The number of nitrogens with two attached hydrogens (primary N) is 1. The van der Waals surface area contributed by atoms with Crippen LogP contribution in [0.3, 0.4) is 0 Å². The number of anilines is 1. The maximum Gasteiger partial charge on any atom is 0.272 e. The minimum absolute atomic E-state index is 0.131.